The van der Waals surface area contributed by atoms with E-state index in [-0.39, 0.29) is 0 Å². The fourth-order valence-electron chi connectivity index (χ4n) is 0.737. The predicted octanol–water partition coefficient (Wildman–Crippen LogP) is 2.53. The molecule has 3 heteroatoms. The highest BCUT2D eigenvalue weighted by atomic mass is 32.2. The third-order valence-corrected chi connectivity index (χ3v) is 2.61. The van der Waals surface area contributed by atoms with Gasteiger partial charge in [-0.25, -0.2) is 9.97 Å². The minimum absolute atomic E-state index is 0.694. The summed E-state index contributed by atoms with van der Waals surface area (Å²) in [6, 6.07) is 1.92. The number of aromatic nitrogens is 2. The molecule has 0 N–H and O–H groups in total. The number of hydrogen-bond acceptors (Lipinski definition) is 3. The largest absolute Gasteiger partial charge is 0.231 e. The van der Waals surface area contributed by atoms with Gasteiger partial charge < -0.3 is 0 Å². The summed E-state index contributed by atoms with van der Waals surface area (Å²) in [5.74, 6) is 1.78. The Balaban J connectivity index is 2.52. The molecule has 0 aromatic carbocycles. The summed E-state index contributed by atoms with van der Waals surface area (Å²) in [5, 5.41) is 0.892. The van der Waals surface area contributed by atoms with E-state index in [9.17, 15) is 0 Å². The molecule has 0 bridgehead atoms. The SMILES string of the molecule is Cc1ccnc(SCC(C)C)n1. The molecule has 0 aliphatic rings. The minimum atomic E-state index is 0.694. The van der Waals surface area contributed by atoms with Crippen LogP contribution in [0, 0.1) is 12.8 Å². The molecular weight excluding hydrogens is 168 g/mol. The summed E-state index contributed by atoms with van der Waals surface area (Å²) in [6.07, 6.45) is 1.81. The predicted molar refractivity (Wildman–Crippen MR) is 52.3 cm³/mol. The second kappa shape index (κ2) is 4.45. The first-order valence-corrected chi connectivity index (χ1v) is 5.09. The number of aryl methyl sites for hydroxylation is 1. The van der Waals surface area contributed by atoms with Crippen molar-refractivity contribution in [2.75, 3.05) is 5.75 Å². The van der Waals surface area contributed by atoms with Gasteiger partial charge in [0.1, 0.15) is 0 Å². The Hall–Kier alpha value is -0.570. The van der Waals surface area contributed by atoms with E-state index in [2.05, 4.69) is 23.8 Å². The van der Waals surface area contributed by atoms with Gasteiger partial charge in [0, 0.05) is 17.6 Å². The summed E-state index contributed by atoms with van der Waals surface area (Å²) in [7, 11) is 0. The molecule has 1 rings (SSSR count). The van der Waals surface area contributed by atoms with Gasteiger partial charge in [-0.3, -0.25) is 0 Å². The molecule has 0 aliphatic carbocycles. The Bertz CT molecular complexity index is 248. The summed E-state index contributed by atoms with van der Waals surface area (Å²) >= 11 is 1.72. The zero-order valence-electron chi connectivity index (χ0n) is 7.74. The summed E-state index contributed by atoms with van der Waals surface area (Å²) in [6.45, 7) is 6.38. The van der Waals surface area contributed by atoms with Gasteiger partial charge in [-0.2, -0.15) is 0 Å². The maximum absolute atomic E-state index is 4.30. The van der Waals surface area contributed by atoms with E-state index in [4.69, 9.17) is 0 Å². The van der Waals surface area contributed by atoms with Crippen molar-refractivity contribution in [1.29, 1.82) is 0 Å². The molecule has 1 aromatic heterocycles. The fraction of sp³-hybridized carbons (Fsp3) is 0.556. The van der Waals surface area contributed by atoms with Crippen LogP contribution in [0.25, 0.3) is 0 Å². The van der Waals surface area contributed by atoms with Crippen LogP contribution in [0.3, 0.4) is 0 Å². The van der Waals surface area contributed by atoms with Gasteiger partial charge in [0.15, 0.2) is 5.16 Å². The molecule has 66 valence electrons. The summed E-state index contributed by atoms with van der Waals surface area (Å²) < 4.78 is 0. The lowest BCUT2D eigenvalue weighted by atomic mass is 10.3. The van der Waals surface area contributed by atoms with Crippen molar-refractivity contribution in [3.05, 3.63) is 18.0 Å². The van der Waals surface area contributed by atoms with Crippen LogP contribution in [0.2, 0.25) is 0 Å². The van der Waals surface area contributed by atoms with Crippen molar-refractivity contribution in [2.45, 2.75) is 25.9 Å². The van der Waals surface area contributed by atoms with Crippen molar-refractivity contribution in [3.8, 4) is 0 Å². The van der Waals surface area contributed by atoms with E-state index in [1.54, 1.807) is 11.8 Å². The standard InChI is InChI=1S/C9H14N2S/c1-7(2)6-12-9-10-5-4-8(3)11-9/h4-5,7H,6H2,1-3H3. The van der Waals surface area contributed by atoms with Crippen molar-refractivity contribution in [1.82, 2.24) is 9.97 Å². The smallest absolute Gasteiger partial charge is 0.187 e. The van der Waals surface area contributed by atoms with Crippen LogP contribution < -0.4 is 0 Å². The average molecular weight is 182 g/mol. The Morgan fingerprint density at radius 3 is 2.83 bits per heavy atom. The molecule has 1 aromatic rings. The van der Waals surface area contributed by atoms with E-state index >= 15 is 0 Å². The normalized spacial score (nSPS) is 10.7. The van der Waals surface area contributed by atoms with E-state index in [1.807, 2.05) is 19.2 Å². The second-order valence-electron chi connectivity index (χ2n) is 3.19. The van der Waals surface area contributed by atoms with Crippen LogP contribution in [0.1, 0.15) is 19.5 Å². The quantitative estimate of drug-likeness (QED) is 0.530. The lowest BCUT2D eigenvalue weighted by Crippen LogP contribution is -1.94. The molecule has 1 heterocycles. The highest BCUT2D eigenvalue weighted by molar-refractivity contribution is 7.99. The zero-order chi connectivity index (χ0) is 8.97. The van der Waals surface area contributed by atoms with Gasteiger partial charge in [-0.1, -0.05) is 25.6 Å². The van der Waals surface area contributed by atoms with Crippen LogP contribution in [0.5, 0.6) is 0 Å². The Morgan fingerprint density at radius 1 is 1.50 bits per heavy atom. The van der Waals surface area contributed by atoms with E-state index in [0.29, 0.717) is 5.92 Å². The molecule has 0 atom stereocenters. The molecule has 0 radical (unpaired) electrons. The Labute approximate surface area is 77.8 Å². The van der Waals surface area contributed by atoms with E-state index in [1.165, 1.54) is 0 Å². The van der Waals surface area contributed by atoms with Crippen LogP contribution in [-0.2, 0) is 0 Å². The third kappa shape index (κ3) is 3.22. The molecule has 0 fully saturated rings. The van der Waals surface area contributed by atoms with Crippen LogP contribution >= 0.6 is 11.8 Å². The van der Waals surface area contributed by atoms with Crippen molar-refractivity contribution < 1.29 is 0 Å². The van der Waals surface area contributed by atoms with E-state index < -0.39 is 0 Å². The van der Waals surface area contributed by atoms with Gasteiger partial charge in [0.05, 0.1) is 0 Å². The van der Waals surface area contributed by atoms with E-state index in [0.717, 1.165) is 16.6 Å². The topological polar surface area (TPSA) is 25.8 Å². The number of rotatable bonds is 3. The van der Waals surface area contributed by atoms with Gasteiger partial charge >= 0.3 is 0 Å². The highest BCUT2D eigenvalue weighted by Crippen LogP contribution is 2.15. The Morgan fingerprint density at radius 2 is 2.25 bits per heavy atom. The molecule has 0 saturated carbocycles. The average Bonchev–Trinajstić information content (AvgIpc) is 2.01. The van der Waals surface area contributed by atoms with Crippen molar-refractivity contribution >= 4 is 11.8 Å². The zero-order valence-corrected chi connectivity index (χ0v) is 8.56. The van der Waals surface area contributed by atoms with Crippen LogP contribution in [0.4, 0.5) is 0 Å². The monoisotopic (exact) mass is 182 g/mol. The van der Waals surface area contributed by atoms with Crippen molar-refractivity contribution in [2.24, 2.45) is 5.92 Å². The number of hydrogen-bond donors (Lipinski definition) is 0. The van der Waals surface area contributed by atoms with Gasteiger partial charge in [0.25, 0.3) is 0 Å². The molecule has 0 spiro atoms. The summed E-state index contributed by atoms with van der Waals surface area (Å²) in [4.78, 5) is 8.46. The Kier molecular flexibility index (Phi) is 3.53. The lowest BCUT2D eigenvalue weighted by molar-refractivity contribution is 0.747. The molecule has 12 heavy (non-hydrogen) atoms. The second-order valence-corrected chi connectivity index (χ2v) is 4.17. The highest BCUT2D eigenvalue weighted by Gasteiger charge is 1.99. The maximum Gasteiger partial charge on any atom is 0.187 e. The maximum atomic E-state index is 4.30. The number of thioether (sulfide) groups is 1. The number of nitrogens with zero attached hydrogens (tertiary/aromatic N) is 2. The first kappa shape index (κ1) is 9.52. The first-order valence-electron chi connectivity index (χ1n) is 4.11. The first-order chi connectivity index (χ1) is 5.68. The fourth-order valence-corrected chi connectivity index (χ4v) is 1.56. The molecular formula is C9H14N2S. The third-order valence-electron chi connectivity index (χ3n) is 1.32. The molecule has 0 aliphatic heterocycles. The molecule has 0 unspecified atom stereocenters. The molecule has 0 amide bonds. The van der Waals surface area contributed by atoms with Gasteiger partial charge in [-0.05, 0) is 18.9 Å². The van der Waals surface area contributed by atoms with Crippen molar-refractivity contribution in [3.63, 3.8) is 0 Å². The van der Waals surface area contributed by atoms with Gasteiger partial charge in [-0.15, -0.1) is 0 Å². The molecule has 0 saturated heterocycles. The lowest BCUT2D eigenvalue weighted by Gasteiger charge is -2.02. The summed E-state index contributed by atoms with van der Waals surface area (Å²) in [5.41, 5.74) is 1.04. The molecule has 2 nitrogen and oxygen atoms in total. The minimum Gasteiger partial charge on any atom is -0.231 e. The van der Waals surface area contributed by atoms with Crippen LogP contribution in [-0.4, -0.2) is 15.7 Å². The van der Waals surface area contributed by atoms with Gasteiger partial charge in [0.2, 0.25) is 0 Å². The van der Waals surface area contributed by atoms with Crippen LogP contribution in [0.15, 0.2) is 17.4 Å².